The highest BCUT2D eigenvalue weighted by atomic mass is 32.2. The van der Waals surface area contributed by atoms with Gasteiger partial charge in [0.25, 0.3) is 0 Å². The molecule has 0 bridgehead atoms. The molecule has 0 aromatic heterocycles. The Balaban J connectivity index is 1.18. The quantitative estimate of drug-likeness (QED) is 0.221. The fraction of sp³-hybridized carbons (Fsp3) is 0.579. The van der Waals surface area contributed by atoms with Crippen molar-refractivity contribution in [2.45, 2.75) is 116 Å². The van der Waals surface area contributed by atoms with Gasteiger partial charge in [0.15, 0.2) is 0 Å². The molecule has 0 heterocycles. The van der Waals surface area contributed by atoms with E-state index in [1.807, 2.05) is 12.2 Å². The van der Waals surface area contributed by atoms with Crippen LogP contribution >= 0.6 is 0 Å². The highest BCUT2D eigenvalue weighted by Gasteiger charge is 2.26. The molecule has 2 saturated carbocycles. The smallest absolute Gasteiger partial charge is 0.305 e. The van der Waals surface area contributed by atoms with E-state index < -0.39 is 11.4 Å². The Morgan fingerprint density at radius 2 is 0.977 bits per heavy atom. The normalized spacial score (nSPS) is 24.0. The van der Waals surface area contributed by atoms with Crippen LogP contribution in [0.4, 0.5) is 0 Å². The van der Waals surface area contributed by atoms with Crippen LogP contribution in [0.1, 0.15) is 104 Å². The van der Waals surface area contributed by atoms with Gasteiger partial charge in [0.2, 0.25) is 0 Å². The molecule has 44 heavy (non-hydrogen) atoms. The van der Waals surface area contributed by atoms with Gasteiger partial charge in [-0.2, -0.15) is 4.21 Å². The summed E-state index contributed by atoms with van der Waals surface area (Å²) in [6.45, 7) is 13.8. The lowest BCUT2D eigenvalue weighted by Gasteiger charge is -2.30. The van der Waals surface area contributed by atoms with Gasteiger partial charge in [-0.15, -0.1) is 0 Å². The van der Waals surface area contributed by atoms with E-state index in [0.717, 1.165) is 37.2 Å². The fourth-order valence-electron chi connectivity index (χ4n) is 6.08. The van der Waals surface area contributed by atoms with Gasteiger partial charge in [-0.1, -0.05) is 103 Å². The van der Waals surface area contributed by atoms with Gasteiger partial charge in [-0.3, -0.25) is 8.37 Å². The lowest BCUT2D eigenvalue weighted by atomic mass is 9.86. The Kier molecular flexibility index (Phi) is 12.7. The summed E-state index contributed by atoms with van der Waals surface area (Å²) in [5, 5.41) is 0. The minimum atomic E-state index is -1.80. The molecule has 0 N–H and O–H groups in total. The Labute approximate surface area is 269 Å². The second-order valence-electron chi connectivity index (χ2n) is 14.4. The topological polar surface area (TPSA) is 54.0 Å². The molecule has 0 saturated heterocycles. The summed E-state index contributed by atoms with van der Waals surface area (Å²) in [6, 6.07) is 17.0. The second-order valence-corrected chi connectivity index (χ2v) is 15.3. The first-order valence-electron chi connectivity index (χ1n) is 16.5. The monoisotopic (exact) mass is 622 g/mol. The van der Waals surface area contributed by atoms with Crippen LogP contribution in [-0.2, 0) is 30.6 Å². The van der Waals surface area contributed by atoms with Crippen molar-refractivity contribution in [1.29, 1.82) is 0 Å². The first-order valence-corrected chi connectivity index (χ1v) is 17.5. The van der Waals surface area contributed by atoms with Crippen LogP contribution in [-0.4, -0.2) is 29.6 Å². The zero-order valence-corrected chi connectivity index (χ0v) is 28.6. The Hall–Kier alpha value is -2.41. The summed E-state index contributed by atoms with van der Waals surface area (Å²) < 4.78 is 35.9. The first-order chi connectivity index (χ1) is 21.0. The molecule has 0 amide bonds. The maximum absolute atomic E-state index is 12.3. The number of hydrogen-bond acceptors (Lipinski definition) is 5. The van der Waals surface area contributed by atoms with Gasteiger partial charge in [0.1, 0.15) is 23.7 Å². The van der Waals surface area contributed by atoms with Crippen LogP contribution in [0.5, 0.6) is 11.5 Å². The van der Waals surface area contributed by atoms with Crippen molar-refractivity contribution in [3.63, 3.8) is 0 Å². The third-order valence-electron chi connectivity index (χ3n) is 8.81. The van der Waals surface area contributed by atoms with Gasteiger partial charge in [-0.25, -0.2) is 0 Å². The van der Waals surface area contributed by atoms with Gasteiger partial charge in [-0.05, 0) is 84.7 Å². The Morgan fingerprint density at radius 3 is 1.34 bits per heavy atom. The minimum absolute atomic E-state index is 0.127. The van der Waals surface area contributed by atoms with Crippen LogP contribution in [0.25, 0.3) is 0 Å². The molecule has 0 aliphatic heterocycles. The first kappa shape index (κ1) is 34.5. The molecule has 2 fully saturated rings. The standard InChI is InChI=1S/C38H54O5S/c1-37(2,3)31-19-23-33(24-20-31)42-35-17-9-7-13-29(35)15-11-27-40-44(39)41-28-12-16-30-14-8-10-18-36(30)43-34-25-21-32(22-26-34)38(4,5)6/h11-12,15-16,19-26,29-30,35-36H,7-10,13-14,17-18,27-28H2,1-6H3. The lowest BCUT2D eigenvalue weighted by Crippen LogP contribution is -2.29. The SMILES string of the molecule is CC(C)(C)c1ccc(OC2CCCCC2C=CCOS(=O)OCC=CC2CCCCC2Oc2ccc(C(C)(C)C)cc2)cc1. The lowest BCUT2D eigenvalue weighted by molar-refractivity contribution is 0.116. The van der Waals surface area contributed by atoms with Crippen molar-refractivity contribution >= 4 is 11.4 Å². The zero-order chi connectivity index (χ0) is 31.6. The number of ether oxygens (including phenoxy) is 2. The molecule has 0 radical (unpaired) electrons. The van der Waals surface area contributed by atoms with Crippen molar-refractivity contribution in [2.75, 3.05) is 13.2 Å². The summed E-state index contributed by atoms with van der Waals surface area (Å²) >= 11 is -1.80. The largest absolute Gasteiger partial charge is 0.490 e. The third-order valence-corrected chi connectivity index (χ3v) is 9.47. The molecule has 6 heteroatoms. The Morgan fingerprint density at radius 1 is 0.614 bits per heavy atom. The van der Waals surface area contributed by atoms with E-state index in [9.17, 15) is 4.21 Å². The van der Waals surface area contributed by atoms with E-state index >= 15 is 0 Å². The molecular weight excluding hydrogens is 568 g/mol. The van der Waals surface area contributed by atoms with E-state index in [1.54, 1.807) is 0 Å². The van der Waals surface area contributed by atoms with Crippen molar-refractivity contribution in [2.24, 2.45) is 11.8 Å². The average molecular weight is 623 g/mol. The zero-order valence-electron chi connectivity index (χ0n) is 27.8. The summed E-state index contributed by atoms with van der Waals surface area (Å²) in [6.07, 6.45) is 17.5. The molecule has 242 valence electrons. The van der Waals surface area contributed by atoms with Gasteiger partial charge in [0.05, 0.1) is 13.2 Å². The van der Waals surface area contributed by atoms with Crippen molar-refractivity contribution in [3.05, 3.63) is 84.0 Å². The number of rotatable bonds is 12. The summed E-state index contributed by atoms with van der Waals surface area (Å²) in [5.41, 5.74) is 2.86. The van der Waals surface area contributed by atoms with E-state index in [4.69, 9.17) is 17.8 Å². The van der Waals surface area contributed by atoms with Crippen molar-refractivity contribution < 1.29 is 22.0 Å². The maximum atomic E-state index is 12.3. The van der Waals surface area contributed by atoms with E-state index in [2.05, 4.69) is 102 Å². The second kappa shape index (κ2) is 16.2. The highest BCUT2D eigenvalue weighted by Crippen LogP contribution is 2.32. The Bertz CT molecular complexity index is 1120. The van der Waals surface area contributed by atoms with Gasteiger partial charge >= 0.3 is 11.4 Å². The molecule has 2 aliphatic carbocycles. The van der Waals surface area contributed by atoms with E-state index in [0.29, 0.717) is 11.8 Å². The third kappa shape index (κ3) is 10.9. The molecule has 0 spiro atoms. The molecule has 4 atom stereocenters. The van der Waals surface area contributed by atoms with Gasteiger partial charge in [0, 0.05) is 11.8 Å². The summed E-state index contributed by atoms with van der Waals surface area (Å²) in [7, 11) is 0. The molecular formula is C38H54O5S. The molecule has 4 rings (SSSR count). The molecule has 4 unspecified atom stereocenters. The van der Waals surface area contributed by atoms with Crippen LogP contribution in [0.2, 0.25) is 0 Å². The fourth-order valence-corrected chi connectivity index (χ4v) is 6.53. The van der Waals surface area contributed by atoms with Crippen molar-refractivity contribution in [3.8, 4) is 11.5 Å². The minimum Gasteiger partial charge on any atom is -0.490 e. The molecule has 2 aliphatic rings. The molecule has 2 aromatic rings. The van der Waals surface area contributed by atoms with E-state index in [-0.39, 0.29) is 36.3 Å². The number of benzene rings is 2. The van der Waals surface area contributed by atoms with Crippen LogP contribution in [0.15, 0.2) is 72.8 Å². The van der Waals surface area contributed by atoms with E-state index in [1.165, 1.54) is 36.8 Å². The summed E-state index contributed by atoms with van der Waals surface area (Å²) in [5.74, 6) is 2.47. The predicted octanol–water partition coefficient (Wildman–Crippen LogP) is 9.58. The number of hydrogen-bond donors (Lipinski definition) is 0. The predicted molar refractivity (Wildman–Crippen MR) is 181 cm³/mol. The van der Waals surface area contributed by atoms with Crippen LogP contribution in [0, 0.1) is 11.8 Å². The maximum Gasteiger partial charge on any atom is 0.305 e. The molecule has 5 nitrogen and oxygen atoms in total. The van der Waals surface area contributed by atoms with Crippen LogP contribution < -0.4 is 9.47 Å². The van der Waals surface area contributed by atoms with Crippen LogP contribution in [0.3, 0.4) is 0 Å². The average Bonchev–Trinajstić information content (AvgIpc) is 2.99. The highest BCUT2D eigenvalue weighted by molar-refractivity contribution is 7.75. The van der Waals surface area contributed by atoms with Gasteiger partial charge < -0.3 is 9.47 Å². The molecule has 2 aromatic carbocycles. The van der Waals surface area contributed by atoms with Crippen molar-refractivity contribution in [1.82, 2.24) is 0 Å². The summed E-state index contributed by atoms with van der Waals surface area (Å²) in [4.78, 5) is 0.